The fraction of sp³-hybridized carbons (Fsp3) is 0.333. The third-order valence-electron chi connectivity index (χ3n) is 1.61. The second-order valence-corrected chi connectivity index (χ2v) is 2.49. The van der Waals surface area contributed by atoms with E-state index < -0.39 is 0 Å². The van der Waals surface area contributed by atoms with Crippen molar-refractivity contribution < 1.29 is 9.53 Å². The van der Waals surface area contributed by atoms with Crippen LogP contribution in [0, 0.1) is 0 Å². The van der Waals surface area contributed by atoms with Crippen molar-refractivity contribution in [1.29, 1.82) is 0 Å². The first kappa shape index (κ1) is 9.51. The lowest BCUT2D eigenvalue weighted by Gasteiger charge is -1.90. The molecule has 0 saturated carbocycles. The molecule has 0 N–H and O–H groups in total. The average molecular weight is 180 g/mol. The van der Waals surface area contributed by atoms with Crippen LogP contribution >= 0.6 is 0 Å². The Hall–Kier alpha value is -1.58. The molecule has 1 aromatic rings. The van der Waals surface area contributed by atoms with Crippen molar-refractivity contribution in [2.24, 2.45) is 0 Å². The van der Waals surface area contributed by atoms with E-state index in [-0.39, 0.29) is 5.97 Å². The maximum atomic E-state index is 10.7. The number of rotatable bonds is 3. The zero-order chi connectivity index (χ0) is 9.68. The third-order valence-corrected chi connectivity index (χ3v) is 1.61. The van der Waals surface area contributed by atoms with E-state index in [1.807, 2.05) is 17.7 Å². The molecule has 0 fully saturated rings. The highest BCUT2D eigenvalue weighted by atomic mass is 16.5. The number of carbonyl (C=O) groups excluding carboxylic acids is 1. The summed E-state index contributed by atoms with van der Waals surface area (Å²) in [6, 6.07) is 0. The second-order valence-electron chi connectivity index (χ2n) is 2.49. The van der Waals surface area contributed by atoms with Crippen LogP contribution in [0.5, 0.6) is 0 Å². The summed E-state index contributed by atoms with van der Waals surface area (Å²) in [6.45, 7) is 2.90. The zero-order valence-electron chi connectivity index (χ0n) is 7.73. The van der Waals surface area contributed by atoms with Crippen LogP contribution < -0.4 is 0 Å². The number of aromatic nitrogens is 2. The molecule has 0 spiro atoms. The molecule has 0 amide bonds. The molecule has 13 heavy (non-hydrogen) atoms. The Morgan fingerprint density at radius 1 is 1.77 bits per heavy atom. The molecule has 70 valence electrons. The Balaban J connectivity index is 2.63. The summed E-state index contributed by atoms with van der Waals surface area (Å²) in [7, 11) is 1.34. The highest BCUT2D eigenvalue weighted by molar-refractivity contribution is 5.86. The molecule has 4 heteroatoms. The van der Waals surface area contributed by atoms with Gasteiger partial charge >= 0.3 is 5.97 Å². The van der Waals surface area contributed by atoms with Crippen LogP contribution in [0.25, 0.3) is 6.08 Å². The summed E-state index contributed by atoms with van der Waals surface area (Å²) in [6.07, 6.45) is 6.55. The first-order valence-corrected chi connectivity index (χ1v) is 4.04. The van der Waals surface area contributed by atoms with E-state index in [4.69, 9.17) is 0 Å². The first-order chi connectivity index (χ1) is 6.26. The molecule has 4 nitrogen and oxygen atoms in total. The minimum absolute atomic E-state index is 0.369. The molecule has 0 unspecified atom stereocenters. The molecule has 0 saturated heterocycles. The summed E-state index contributed by atoms with van der Waals surface area (Å²) in [5.41, 5.74) is 0.757. The normalized spacial score (nSPS) is 10.6. The summed E-state index contributed by atoms with van der Waals surface area (Å²) >= 11 is 0. The second kappa shape index (κ2) is 4.45. The zero-order valence-corrected chi connectivity index (χ0v) is 7.73. The lowest BCUT2D eigenvalue weighted by Crippen LogP contribution is -1.93. The topological polar surface area (TPSA) is 44.1 Å². The molecule has 0 bridgehead atoms. The van der Waals surface area contributed by atoms with E-state index in [9.17, 15) is 4.79 Å². The van der Waals surface area contributed by atoms with E-state index in [1.165, 1.54) is 13.2 Å². The number of hydrogen-bond acceptors (Lipinski definition) is 3. The van der Waals surface area contributed by atoms with E-state index in [2.05, 4.69) is 9.72 Å². The lowest BCUT2D eigenvalue weighted by atomic mass is 10.4. The van der Waals surface area contributed by atoms with Crippen molar-refractivity contribution in [3.05, 3.63) is 24.3 Å². The fourth-order valence-electron chi connectivity index (χ4n) is 0.858. The van der Waals surface area contributed by atoms with Crippen molar-refractivity contribution in [1.82, 2.24) is 9.55 Å². The van der Waals surface area contributed by atoms with Crippen LogP contribution in [-0.2, 0) is 16.1 Å². The van der Waals surface area contributed by atoms with E-state index >= 15 is 0 Å². The number of imidazole rings is 1. The molecule has 0 aromatic carbocycles. The molecular formula is C9H12N2O2. The van der Waals surface area contributed by atoms with Crippen LogP contribution in [-0.4, -0.2) is 22.6 Å². The monoisotopic (exact) mass is 180 g/mol. The molecule has 0 atom stereocenters. The van der Waals surface area contributed by atoms with Gasteiger partial charge in [0.1, 0.15) is 0 Å². The van der Waals surface area contributed by atoms with Crippen LogP contribution in [0.1, 0.15) is 12.6 Å². The maximum Gasteiger partial charge on any atom is 0.330 e. The Morgan fingerprint density at radius 3 is 3.08 bits per heavy atom. The molecule has 0 aliphatic carbocycles. The van der Waals surface area contributed by atoms with Crippen LogP contribution in [0.4, 0.5) is 0 Å². The predicted octanol–water partition coefficient (Wildman–Crippen LogP) is 1.09. The fourth-order valence-corrected chi connectivity index (χ4v) is 0.858. The van der Waals surface area contributed by atoms with Gasteiger partial charge in [-0.1, -0.05) is 0 Å². The number of esters is 1. The minimum atomic E-state index is -0.369. The summed E-state index contributed by atoms with van der Waals surface area (Å²) in [4.78, 5) is 14.8. The van der Waals surface area contributed by atoms with Gasteiger partial charge in [-0.3, -0.25) is 0 Å². The Morgan fingerprint density at radius 2 is 2.54 bits per heavy atom. The van der Waals surface area contributed by atoms with Crippen molar-refractivity contribution in [3.63, 3.8) is 0 Å². The first-order valence-electron chi connectivity index (χ1n) is 4.04. The highest BCUT2D eigenvalue weighted by Gasteiger charge is 1.94. The summed E-state index contributed by atoms with van der Waals surface area (Å²) in [5.74, 6) is -0.369. The van der Waals surface area contributed by atoms with Gasteiger partial charge in [0.2, 0.25) is 0 Å². The quantitative estimate of drug-likeness (QED) is 0.516. The van der Waals surface area contributed by atoms with E-state index in [0.29, 0.717) is 0 Å². The van der Waals surface area contributed by atoms with Gasteiger partial charge < -0.3 is 9.30 Å². The van der Waals surface area contributed by atoms with Gasteiger partial charge in [-0.05, 0) is 13.0 Å². The molecule has 0 aliphatic heterocycles. The summed E-state index contributed by atoms with van der Waals surface area (Å²) in [5, 5.41) is 0. The van der Waals surface area contributed by atoms with Crippen molar-refractivity contribution >= 4 is 12.0 Å². The number of nitrogens with zero attached hydrogens (tertiary/aromatic N) is 2. The van der Waals surface area contributed by atoms with Crippen LogP contribution in [0.2, 0.25) is 0 Å². The largest absolute Gasteiger partial charge is 0.466 e. The van der Waals surface area contributed by atoms with Crippen molar-refractivity contribution in [3.8, 4) is 0 Å². The third kappa shape index (κ3) is 2.74. The molecule has 0 radical (unpaired) electrons. The van der Waals surface area contributed by atoms with Gasteiger partial charge in [0.05, 0.1) is 19.1 Å². The van der Waals surface area contributed by atoms with Gasteiger partial charge in [-0.2, -0.15) is 0 Å². The summed E-state index contributed by atoms with van der Waals surface area (Å²) < 4.78 is 6.37. The predicted molar refractivity (Wildman–Crippen MR) is 49.0 cm³/mol. The lowest BCUT2D eigenvalue weighted by molar-refractivity contribution is -0.134. The molecule has 1 heterocycles. The SMILES string of the molecule is CCn1cnc(/C=C/C(=O)OC)c1. The smallest absolute Gasteiger partial charge is 0.330 e. The van der Waals surface area contributed by atoms with Gasteiger partial charge in [-0.15, -0.1) is 0 Å². The number of ether oxygens (including phenoxy) is 1. The Labute approximate surface area is 76.8 Å². The van der Waals surface area contributed by atoms with Gasteiger partial charge in [0, 0.05) is 18.8 Å². The molecule has 0 aliphatic rings. The number of methoxy groups -OCH3 is 1. The highest BCUT2D eigenvalue weighted by Crippen LogP contribution is 1.98. The van der Waals surface area contributed by atoms with Gasteiger partial charge in [0.15, 0.2) is 0 Å². The molecule has 1 rings (SSSR count). The van der Waals surface area contributed by atoms with Crippen molar-refractivity contribution in [2.45, 2.75) is 13.5 Å². The molecular weight excluding hydrogens is 168 g/mol. The van der Waals surface area contributed by atoms with E-state index in [0.717, 1.165) is 12.2 Å². The van der Waals surface area contributed by atoms with Crippen LogP contribution in [0.3, 0.4) is 0 Å². The maximum absolute atomic E-state index is 10.7. The van der Waals surface area contributed by atoms with Crippen molar-refractivity contribution in [2.75, 3.05) is 7.11 Å². The standard InChI is InChI=1S/C9H12N2O2/c1-3-11-6-8(10-7-11)4-5-9(12)13-2/h4-7H,3H2,1-2H3/b5-4+. The number of hydrogen-bond donors (Lipinski definition) is 0. The Kier molecular flexibility index (Phi) is 3.25. The number of carbonyl (C=O) groups is 1. The van der Waals surface area contributed by atoms with Crippen LogP contribution in [0.15, 0.2) is 18.6 Å². The number of aryl methyl sites for hydroxylation is 1. The van der Waals surface area contributed by atoms with Gasteiger partial charge in [-0.25, -0.2) is 9.78 Å². The minimum Gasteiger partial charge on any atom is -0.466 e. The average Bonchev–Trinajstić information content (AvgIpc) is 2.61. The molecule has 1 aromatic heterocycles. The Bertz CT molecular complexity index is 315. The van der Waals surface area contributed by atoms with Gasteiger partial charge in [0.25, 0.3) is 0 Å². The van der Waals surface area contributed by atoms with E-state index in [1.54, 1.807) is 12.4 Å².